The molecule has 2 aliphatic rings. The maximum absolute atomic E-state index is 2.45. The van der Waals surface area contributed by atoms with Crippen molar-refractivity contribution in [2.75, 3.05) is 0 Å². The Morgan fingerprint density at radius 1 is 0.143 bits per heavy atom. The zero-order valence-electron chi connectivity index (χ0n) is 38.2. The Balaban J connectivity index is 1.13. The fourth-order valence-electron chi connectivity index (χ4n) is 12.4. The molecule has 0 amide bonds. The summed E-state index contributed by atoms with van der Waals surface area (Å²) in [4.78, 5) is 0. The molecule has 0 saturated carbocycles. The zero-order chi connectivity index (χ0) is 45.9. The number of rotatable bonds is 6. The molecule has 0 aromatic heterocycles. The number of hydrogen-bond acceptors (Lipinski definition) is 0. The maximum Gasteiger partial charge on any atom is -0.000717 e. The van der Waals surface area contributed by atoms with Gasteiger partial charge in [0.05, 0.1) is 0 Å². The zero-order valence-corrected chi connectivity index (χ0v) is 38.2. The van der Waals surface area contributed by atoms with Crippen LogP contribution >= 0.6 is 0 Å². The summed E-state index contributed by atoms with van der Waals surface area (Å²) in [5.74, 6) is 0. The van der Waals surface area contributed by atoms with Gasteiger partial charge in [-0.3, -0.25) is 0 Å². The molecule has 0 atom stereocenters. The summed E-state index contributed by atoms with van der Waals surface area (Å²) < 4.78 is 0. The Bertz CT molecular complexity index is 4020. The van der Waals surface area contributed by atoms with E-state index in [1.165, 1.54) is 154 Å². The lowest BCUT2D eigenvalue weighted by Gasteiger charge is -2.26. The standard InChI is InChI=1S/C70H42/c1-5-19-43(20-6-1)51-29-15-17-31-53(51)55-33-34-56(54-32-18-16-30-52(54)44-21-7-2-8-22-44)68-64(46-25-11-4-12-26-46)70-60-38-36-58-62-42-50-40-48-28-14-13-27-47(48)39-49(50)41-61(62)57-35-37-59(66(60)65(57)58)69(70)63(67(55)68)45-23-9-3-10-24-45/h1-42H. The molecule has 0 nitrogen and oxygen atoms in total. The van der Waals surface area contributed by atoms with Gasteiger partial charge in [-0.2, -0.15) is 0 Å². The molecular weight excluding hydrogens is 841 g/mol. The van der Waals surface area contributed by atoms with Crippen LogP contribution in [0.3, 0.4) is 0 Å². The first-order chi connectivity index (χ1) is 34.8. The van der Waals surface area contributed by atoms with Crippen molar-refractivity contribution in [1.82, 2.24) is 0 Å². The number of hydrogen-bond donors (Lipinski definition) is 0. The van der Waals surface area contributed by atoms with Gasteiger partial charge < -0.3 is 0 Å². The van der Waals surface area contributed by atoms with E-state index in [9.17, 15) is 0 Å². The maximum atomic E-state index is 2.45. The van der Waals surface area contributed by atoms with Crippen LogP contribution in [0.15, 0.2) is 255 Å². The average Bonchev–Trinajstić information content (AvgIpc) is 3.93. The molecule has 0 radical (unpaired) electrons. The van der Waals surface area contributed by atoms with E-state index in [-0.39, 0.29) is 0 Å². The van der Waals surface area contributed by atoms with Gasteiger partial charge in [0, 0.05) is 0 Å². The molecule has 0 aliphatic heterocycles. The van der Waals surface area contributed by atoms with Crippen molar-refractivity contribution in [3.8, 4) is 111 Å². The molecule has 0 bridgehead atoms. The minimum absolute atomic E-state index is 1.20. The average molecular weight is 883 g/mol. The largest absolute Gasteiger partial charge is 0.0622 e. The minimum atomic E-state index is 1.20. The highest BCUT2D eigenvalue weighted by Crippen LogP contribution is 2.63. The normalized spacial score (nSPS) is 12.0. The van der Waals surface area contributed by atoms with Gasteiger partial charge in [-0.05, 0) is 179 Å². The summed E-state index contributed by atoms with van der Waals surface area (Å²) >= 11 is 0. The molecule has 0 unspecified atom stereocenters. The first-order valence-electron chi connectivity index (χ1n) is 24.4. The van der Waals surface area contributed by atoms with Crippen molar-refractivity contribution < 1.29 is 0 Å². The Labute approximate surface area is 407 Å². The molecule has 2 aliphatic carbocycles. The molecule has 0 heterocycles. The molecular formula is C70H42. The van der Waals surface area contributed by atoms with Gasteiger partial charge in [-0.15, -0.1) is 0 Å². The molecule has 0 spiro atoms. The first-order valence-corrected chi connectivity index (χ1v) is 24.4. The van der Waals surface area contributed by atoms with Crippen LogP contribution < -0.4 is 0 Å². The second kappa shape index (κ2) is 15.2. The highest BCUT2D eigenvalue weighted by molar-refractivity contribution is 6.35. The van der Waals surface area contributed by atoms with Crippen LogP contribution in [-0.2, 0) is 0 Å². The van der Waals surface area contributed by atoms with Gasteiger partial charge in [0.2, 0.25) is 0 Å². The third-order valence-corrected chi connectivity index (χ3v) is 15.3. The monoisotopic (exact) mass is 882 g/mol. The SMILES string of the molecule is c1ccc(-c2ccccc2-c2ccc(-c3ccccc3-c3ccccc3)c3c(-c4ccccc4)c4c(c(-c5ccccc5)c23)-c2ccc3c5c(ccc-4c25)-c2cc4cc5ccccc5cc4cc2-3)cc1. The third-order valence-electron chi connectivity index (χ3n) is 15.3. The van der Waals surface area contributed by atoms with Gasteiger partial charge in [0.25, 0.3) is 0 Å². The summed E-state index contributed by atoms with van der Waals surface area (Å²) in [5, 5.41) is 10.3. The Hall–Kier alpha value is -9.10. The highest BCUT2D eigenvalue weighted by Gasteiger charge is 2.36. The van der Waals surface area contributed by atoms with Crippen LogP contribution in [0.1, 0.15) is 0 Å². The lowest BCUT2D eigenvalue weighted by atomic mass is 9.77. The lowest BCUT2D eigenvalue weighted by Crippen LogP contribution is -1.99. The summed E-state index contributed by atoms with van der Waals surface area (Å²) in [7, 11) is 0. The molecule has 15 rings (SSSR count). The highest BCUT2D eigenvalue weighted by atomic mass is 14.4. The topological polar surface area (TPSA) is 0 Å². The van der Waals surface area contributed by atoms with E-state index in [0.29, 0.717) is 0 Å². The van der Waals surface area contributed by atoms with Gasteiger partial charge >= 0.3 is 0 Å². The molecule has 0 N–H and O–H groups in total. The summed E-state index contributed by atoms with van der Waals surface area (Å²) in [6, 6.07) is 95.3. The van der Waals surface area contributed by atoms with E-state index < -0.39 is 0 Å². The smallest absolute Gasteiger partial charge is 0.000717 e. The molecule has 0 saturated heterocycles. The summed E-state index contributed by atoms with van der Waals surface area (Å²) in [6.45, 7) is 0. The fourth-order valence-corrected chi connectivity index (χ4v) is 12.4. The van der Waals surface area contributed by atoms with Crippen molar-refractivity contribution in [3.05, 3.63) is 255 Å². The second-order valence-corrected chi connectivity index (χ2v) is 19.0. The summed E-state index contributed by atoms with van der Waals surface area (Å²) in [6.07, 6.45) is 0. The van der Waals surface area contributed by atoms with E-state index in [1.807, 2.05) is 0 Å². The van der Waals surface area contributed by atoms with Gasteiger partial charge in [-0.25, -0.2) is 0 Å². The second-order valence-electron chi connectivity index (χ2n) is 19.0. The van der Waals surface area contributed by atoms with Crippen molar-refractivity contribution in [3.63, 3.8) is 0 Å². The lowest BCUT2D eigenvalue weighted by molar-refractivity contribution is 1.57. The van der Waals surface area contributed by atoms with Crippen molar-refractivity contribution in [2.45, 2.75) is 0 Å². The third kappa shape index (κ3) is 5.65. The predicted molar refractivity (Wildman–Crippen MR) is 298 cm³/mol. The molecule has 13 aromatic carbocycles. The molecule has 0 fully saturated rings. The van der Waals surface area contributed by atoms with Crippen LogP contribution in [0, 0.1) is 0 Å². The summed E-state index contributed by atoms with van der Waals surface area (Å²) in [5.41, 5.74) is 25.1. The van der Waals surface area contributed by atoms with E-state index in [2.05, 4.69) is 255 Å². The van der Waals surface area contributed by atoms with Crippen molar-refractivity contribution in [1.29, 1.82) is 0 Å². The van der Waals surface area contributed by atoms with Crippen LogP contribution in [-0.4, -0.2) is 0 Å². The van der Waals surface area contributed by atoms with E-state index >= 15 is 0 Å². The Kier molecular flexibility index (Phi) is 8.46. The Morgan fingerprint density at radius 3 is 0.843 bits per heavy atom. The molecule has 13 aromatic rings. The minimum Gasteiger partial charge on any atom is -0.0622 e. The molecule has 70 heavy (non-hydrogen) atoms. The molecule has 0 heteroatoms. The van der Waals surface area contributed by atoms with E-state index in [0.717, 1.165) is 0 Å². The quantitative estimate of drug-likeness (QED) is 0.146. The van der Waals surface area contributed by atoms with E-state index in [1.54, 1.807) is 0 Å². The Morgan fingerprint density at radius 2 is 0.443 bits per heavy atom. The van der Waals surface area contributed by atoms with Gasteiger partial charge in [-0.1, -0.05) is 231 Å². The fraction of sp³-hybridized carbons (Fsp3) is 0. The van der Waals surface area contributed by atoms with Crippen LogP contribution in [0.2, 0.25) is 0 Å². The van der Waals surface area contributed by atoms with Gasteiger partial charge in [0.1, 0.15) is 0 Å². The predicted octanol–water partition coefficient (Wildman–Crippen LogP) is 19.6. The van der Waals surface area contributed by atoms with Crippen molar-refractivity contribution in [2.24, 2.45) is 0 Å². The van der Waals surface area contributed by atoms with Crippen LogP contribution in [0.5, 0.6) is 0 Å². The van der Waals surface area contributed by atoms with Crippen molar-refractivity contribution >= 4 is 43.1 Å². The van der Waals surface area contributed by atoms with E-state index in [4.69, 9.17) is 0 Å². The first kappa shape index (κ1) is 38.9. The van der Waals surface area contributed by atoms with Crippen LogP contribution in [0.25, 0.3) is 154 Å². The molecule has 322 valence electrons. The van der Waals surface area contributed by atoms with Crippen LogP contribution in [0.4, 0.5) is 0 Å². The number of benzene rings is 13. The van der Waals surface area contributed by atoms with Gasteiger partial charge in [0.15, 0.2) is 0 Å². The number of fused-ring (bicyclic) bond motifs is 9.